The maximum Gasteiger partial charge on any atom is 0.162 e. The zero-order valence-electron chi connectivity index (χ0n) is 18.4. The van der Waals surface area contributed by atoms with E-state index >= 15 is 0 Å². The molecule has 2 aliphatic rings. The van der Waals surface area contributed by atoms with E-state index in [0.717, 1.165) is 55.7 Å². The lowest BCUT2D eigenvalue weighted by Gasteiger charge is -2.30. The van der Waals surface area contributed by atoms with Crippen molar-refractivity contribution in [2.45, 2.75) is 18.8 Å². The van der Waals surface area contributed by atoms with Gasteiger partial charge in [-0.05, 0) is 48.6 Å². The molecule has 1 aliphatic heterocycles. The first-order chi connectivity index (χ1) is 16.7. The lowest BCUT2D eigenvalue weighted by atomic mass is 10.1. The SMILES string of the molecule is Fc1cccc(F)c1Nc1cc(-c2nc(N3CCNCC3)c3c(C4CC4)cncc3n2)ccn1. The molecule has 0 unspecified atom stereocenters. The highest BCUT2D eigenvalue weighted by Gasteiger charge is 2.29. The Morgan fingerprint density at radius 1 is 1.00 bits per heavy atom. The second-order valence-electron chi connectivity index (χ2n) is 8.66. The Balaban J connectivity index is 1.44. The summed E-state index contributed by atoms with van der Waals surface area (Å²) >= 11 is 0. The number of fused-ring (bicyclic) bond motifs is 1. The number of piperazine rings is 1. The molecular weight excluding hydrogens is 436 g/mol. The van der Waals surface area contributed by atoms with Crippen LogP contribution >= 0.6 is 0 Å². The van der Waals surface area contributed by atoms with E-state index < -0.39 is 11.6 Å². The van der Waals surface area contributed by atoms with Gasteiger partial charge in [-0.3, -0.25) is 4.98 Å². The van der Waals surface area contributed by atoms with Crippen LogP contribution in [0.5, 0.6) is 0 Å². The van der Waals surface area contributed by atoms with Gasteiger partial charge in [-0.25, -0.2) is 23.7 Å². The fourth-order valence-electron chi connectivity index (χ4n) is 4.41. The molecule has 4 heterocycles. The molecule has 2 fully saturated rings. The number of pyridine rings is 2. The average Bonchev–Trinajstić information content (AvgIpc) is 3.72. The van der Waals surface area contributed by atoms with Gasteiger partial charge in [0.15, 0.2) is 5.82 Å². The van der Waals surface area contributed by atoms with Crippen molar-refractivity contribution in [3.05, 3.63) is 66.1 Å². The van der Waals surface area contributed by atoms with Gasteiger partial charge in [-0.15, -0.1) is 0 Å². The van der Waals surface area contributed by atoms with E-state index in [1.807, 2.05) is 6.20 Å². The molecule has 0 radical (unpaired) electrons. The van der Waals surface area contributed by atoms with E-state index in [4.69, 9.17) is 9.97 Å². The zero-order chi connectivity index (χ0) is 23.1. The molecule has 4 aromatic rings. The first-order valence-electron chi connectivity index (χ1n) is 11.5. The number of rotatable bonds is 5. The Bertz CT molecular complexity index is 1350. The highest BCUT2D eigenvalue weighted by Crippen LogP contribution is 2.44. The summed E-state index contributed by atoms with van der Waals surface area (Å²) in [7, 11) is 0. The highest BCUT2D eigenvalue weighted by atomic mass is 19.1. The molecule has 7 nitrogen and oxygen atoms in total. The molecule has 2 N–H and O–H groups in total. The number of para-hydroxylation sites is 1. The summed E-state index contributed by atoms with van der Waals surface area (Å²) < 4.78 is 28.3. The molecular formula is C25H23F2N7. The van der Waals surface area contributed by atoms with Crippen LogP contribution in [0.25, 0.3) is 22.3 Å². The number of hydrogen-bond acceptors (Lipinski definition) is 7. The van der Waals surface area contributed by atoms with Crippen LogP contribution < -0.4 is 15.5 Å². The monoisotopic (exact) mass is 459 g/mol. The van der Waals surface area contributed by atoms with E-state index in [9.17, 15) is 8.78 Å². The van der Waals surface area contributed by atoms with E-state index in [2.05, 4.69) is 25.5 Å². The molecule has 1 saturated carbocycles. The summed E-state index contributed by atoms with van der Waals surface area (Å²) in [5.41, 5.74) is 2.47. The first-order valence-corrected chi connectivity index (χ1v) is 11.5. The van der Waals surface area contributed by atoms with Gasteiger partial charge in [-0.1, -0.05) is 6.07 Å². The van der Waals surface area contributed by atoms with Crippen LogP contribution in [0.1, 0.15) is 24.3 Å². The van der Waals surface area contributed by atoms with Gasteiger partial charge in [-0.2, -0.15) is 0 Å². The summed E-state index contributed by atoms with van der Waals surface area (Å²) in [6, 6.07) is 7.22. The molecule has 1 aromatic carbocycles. The molecule has 0 bridgehead atoms. The van der Waals surface area contributed by atoms with E-state index in [1.54, 1.807) is 24.5 Å². The molecule has 9 heteroatoms. The fourth-order valence-corrected chi connectivity index (χ4v) is 4.41. The van der Waals surface area contributed by atoms with Crippen molar-refractivity contribution in [2.24, 2.45) is 0 Å². The van der Waals surface area contributed by atoms with Crippen LogP contribution in [0.15, 0.2) is 48.9 Å². The van der Waals surface area contributed by atoms with Gasteiger partial charge < -0.3 is 15.5 Å². The summed E-state index contributed by atoms with van der Waals surface area (Å²) in [5, 5.41) is 7.22. The zero-order valence-corrected chi connectivity index (χ0v) is 18.4. The smallest absolute Gasteiger partial charge is 0.162 e. The summed E-state index contributed by atoms with van der Waals surface area (Å²) in [5.74, 6) is 0.883. The molecule has 0 spiro atoms. The topological polar surface area (TPSA) is 78.9 Å². The summed E-state index contributed by atoms with van der Waals surface area (Å²) in [4.78, 5) is 20.8. The second kappa shape index (κ2) is 8.57. The molecule has 3 aromatic heterocycles. The van der Waals surface area contributed by atoms with Crippen molar-refractivity contribution in [3.63, 3.8) is 0 Å². The van der Waals surface area contributed by atoms with Crippen molar-refractivity contribution in [1.29, 1.82) is 0 Å². The maximum atomic E-state index is 14.1. The lowest BCUT2D eigenvalue weighted by Crippen LogP contribution is -2.44. The van der Waals surface area contributed by atoms with Gasteiger partial charge in [0.05, 0.1) is 11.7 Å². The minimum atomic E-state index is -0.686. The number of anilines is 3. The van der Waals surface area contributed by atoms with E-state index in [1.165, 1.54) is 23.8 Å². The van der Waals surface area contributed by atoms with E-state index in [-0.39, 0.29) is 5.69 Å². The van der Waals surface area contributed by atoms with Crippen molar-refractivity contribution in [2.75, 3.05) is 36.4 Å². The third kappa shape index (κ3) is 3.92. The van der Waals surface area contributed by atoms with Crippen LogP contribution in [0.3, 0.4) is 0 Å². The number of benzene rings is 1. The lowest BCUT2D eigenvalue weighted by molar-refractivity contribution is 0.586. The van der Waals surface area contributed by atoms with Crippen molar-refractivity contribution in [1.82, 2.24) is 25.3 Å². The first kappa shape index (κ1) is 20.9. The van der Waals surface area contributed by atoms with Crippen LogP contribution in [0, 0.1) is 11.6 Å². The van der Waals surface area contributed by atoms with Crippen LogP contribution in [-0.2, 0) is 0 Å². The van der Waals surface area contributed by atoms with Crippen molar-refractivity contribution in [3.8, 4) is 11.4 Å². The van der Waals surface area contributed by atoms with Crippen LogP contribution in [-0.4, -0.2) is 46.1 Å². The standard InChI is InChI=1S/C25H23F2N7/c26-18-2-1-3-19(27)23(18)32-21-12-16(6-7-30-21)24-31-20-14-29-13-17(15-4-5-15)22(20)25(33-24)34-10-8-28-9-11-34/h1-3,6-7,12-15,28H,4-5,8-11H2,(H,30,32). The predicted molar refractivity (Wildman–Crippen MR) is 127 cm³/mol. The van der Waals surface area contributed by atoms with Crippen molar-refractivity contribution >= 4 is 28.2 Å². The van der Waals surface area contributed by atoms with Crippen molar-refractivity contribution < 1.29 is 8.78 Å². The Labute approximate surface area is 195 Å². The van der Waals surface area contributed by atoms with Gasteiger partial charge in [0.1, 0.15) is 29.0 Å². The largest absolute Gasteiger partial charge is 0.353 e. The van der Waals surface area contributed by atoms with Gasteiger partial charge in [0.2, 0.25) is 0 Å². The Morgan fingerprint density at radius 2 is 1.79 bits per heavy atom. The minimum Gasteiger partial charge on any atom is -0.353 e. The van der Waals surface area contributed by atoms with E-state index in [0.29, 0.717) is 23.1 Å². The number of hydrogen-bond donors (Lipinski definition) is 2. The highest BCUT2D eigenvalue weighted by molar-refractivity contribution is 5.94. The molecule has 1 aliphatic carbocycles. The summed E-state index contributed by atoms with van der Waals surface area (Å²) in [6.07, 6.45) is 7.64. The molecule has 172 valence electrons. The third-order valence-corrected chi connectivity index (χ3v) is 6.28. The Morgan fingerprint density at radius 3 is 2.56 bits per heavy atom. The van der Waals surface area contributed by atoms with Gasteiger partial charge >= 0.3 is 0 Å². The normalized spacial score (nSPS) is 16.1. The number of aromatic nitrogens is 4. The third-order valence-electron chi connectivity index (χ3n) is 6.28. The number of nitrogens with zero attached hydrogens (tertiary/aromatic N) is 5. The molecule has 0 atom stereocenters. The van der Waals surface area contributed by atoms with Crippen LogP contribution in [0.4, 0.5) is 26.1 Å². The molecule has 1 saturated heterocycles. The minimum absolute atomic E-state index is 0.244. The fraction of sp³-hybridized carbons (Fsp3) is 0.280. The van der Waals surface area contributed by atoms with Crippen LogP contribution in [0.2, 0.25) is 0 Å². The quantitative estimate of drug-likeness (QED) is 0.458. The summed E-state index contributed by atoms with van der Waals surface area (Å²) in [6.45, 7) is 3.49. The Kier molecular flexibility index (Phi) is 5.26. The predicted octanol–water partition coefficient (Wildman–Crippen LogP) is 4.40. The number of nitrogens with one attached hydrogen (secondary N) is 2. The Hall–Kier alpha value is -3.72. The molecule has 34 heavy (non-hydrogen) atoms. The maximum absolute atomic E-state index is 14.1. The van der Waals surface area contributed by atoms with Gasteiger partial charge in [0, 0.05) is 49.5 Å². The van der Waals surface area contributed by atoms with Gasteiger partial charge in [0.25, 0.3) is 0 Å². The molecule has 6 rings (SSSR count). The average molecular weight is 460 g/mol. The number of halogens is 2. The molecule has 0 amide bonds. The second-order valence-corrected chi connectivity index (χ2v) is 8.66.